The summed E-state index contributed by atoms with van der Waals surface area (Å²) in [7, 11) is 0. The molecular formula is C40H38O13. The molecule has 0 aromatic heterocycles. The van der Waals surface area contributed by atoms with Crippen LogP contribution in [0.1, 0.15) is 49.9 Å². The minimum atomic E-state index is -1.71. The molecular weight excluding hydrogens is 688 g/mol. The fourth-order valence-electron chi connectivity index (χ4n) is 6.47. The number of aliphatic hydroxyl groups excluding tert-OH is 2. The molecule has 3 heterocycles. The molecule has 2 N–H and O–H groups in total. The van der Waals surface area contributed by atoms with Crippen molar-refractivity contribution in [3.8, 4) is 0 Å². The minimum absolute atomic E-state index is 0.0168. The molecule has 3 saturated heterocycles. The molecule has 0 spiro atoms. The first-order valence-corrected chi connectivity index (χ1v) is 17.2. The molecule has 7 rings (SSSR count). The van der Waals surface area contributed by atoms with Crippen molar-refractivity contribution in [2.24, 2.45) is 0 Å². The van der Waals surface area contributed by atoms with Gasteiger partial charge in [0, 0.05) is 5.56 Å². The van der Waals surface area contributed by atoms with Crippen molar-refractivity contribution >= 4 is 17.9 Å². The van der Waals surface area contributed by atoms with Gasteiger partial charge in [-0.3, -0.25) is 0 Å². The van der Waals surface area contributed by atoms with Crippen LogP contribution in [0.3, 0.4) is 0 Å². The molecule has 3 aliphatic heterocycles. The summed E-state index contributed by atoms with van der Waals surface area (Å²) in [6.45, 7) is 1.56. The van der Waals surface area contributed by atoms with Crippen LogP contribution in [0.25, 0.3) is 0 Å². The maximum atomic E-state index is 13.7. The SMILES string of the molecule is C[C@@H]1O[C@@H](O[C@H]2[C@@H]3O[C@H](c4ccccc4)OC[C@H]3OC(O)[C@@H]2O)[C@H](OC(=O)c2ccccc2)[C@H](OC(=O)c2ccccc2)[C@H]1OC(=O)c1ccccc1. The molecule has 0 amide bonds. The fraction of sp³-hybridized carbons (Fsp3) is 0.325. The van der Waals surface area contributed by atoms with E-state index in [1.807, 2.05) is 30.3 Å². The van der Waals surface area contributed by atoms with E-state index in [1.54, 1.807) is 85.8 Å². The number of esters is 3. The van der Waals surface area contributed by atoms with E-state index in [0.29, 0.717) is 5.56 Å². The smallest absolute Gasteiger partial charge is 0.338 e. The lowest BCUT2D eigenvalue weighted by atomic mass is 9.95. The molecule has 3 fully saturated rings. The summed E-state index contributed by atoms with van der Waals surface area (Å²) in [6.07, 6.45) is -14.5. The molecule has 276 valence electrons. The van der Waals surface area contributed by atoms with Gasteiger partial charge in [0.15, 0.2) is 37.2 Å². The highest BCUT2D eigenvalue weighted by molar-refractivity contribution is 5.91. The maximum absolute atomic E-state index is 13.7. The summed E-state index contributed by atoms with van der Waals surface area (Å²) in [5, 5.41) is 22.0. The number of carbonyl (C=O) groups excluding carboxylic acids is 3. The van der Waals surface area contributed by atoms with Gasteiger partial charge in [-0.15, -0.1) is 0 Å². The molecule has 0 radical (unpaired) electrons. The van der Waals surface area contributed by atoms with Crippen molar-refractivity contribution in [2.45, 2.75) is 74.6 Å². The van der Waals surface area contributed by atoms with E-state index in [9.17, 15) is 24.6 Å². The second-order valence-electron chi connectivity index (χ2n) is 12.8. The molecule has 53 heavy (non-hydrogen) atoms. The van der Waals surface area contributed by atoms with Gasteiger partial charge in [-0.25, -0.2) is 14.4 Å². The van der Waals surface area contributed by atoms with Crippen LogP contribution < -0.4 is 0 Å². The van der Waals surface area contributed by atoms with Gasteiger partial charge in [-0.2, -0.15) is 0 Å². The van der Waals surface area contributed by atoms with Crippen molar-refractivity contribution in [3.05, 3.63) is 144 Å². The molecule has 11 atom stereocenters. The quantitative estimate of drug-likeness (QED) is 0.188. The normalized spacial score (nSPS) is 31.0. The number of rotatable bonds is 9. The third-order valence-electron chi connectivity index (χ3n) is 9.17. The predicted molar refractivity (Wildman–Crippen MR) is 183 cm³/mol. The molecule has 3 aliphatic rings. The van der Waals surface area contributed by atoms with Crippen LogP contribution in [0.15, 0.2) is 121 Å². The molecule has 0 saturated carbocycles. The van der Waals surface area contributed by atoms with Gasteiger partial charge >= 0.3 is 17.9 Å². The minimum Gasteiger partial charge on any atom is -0.452 e. The number of hydrogen-bond donors (Lipinski definition) is 2. The first-order valence-electron chi connectivity index (χ1n) is 17.2. The Morgan fingerprint density at radius 3 is 1.58 bits per heavy atom. The summed E-state index contributed by atoms with van der Waals surface area (Å²) in [6, 6.07) is 33.5. The number of carbonyl (C=O) groups is 3. The first-order chi connectivity index (χ1) is 25.8. The van der Waals surface area contributed by atoms with Crippen LogP contribution in [0.4, 0.5) is 0 Å². The third-order valence-corrected chi connectivity index (χ3v) is 9.17. The average Bonchev–Trinajstić information content (AvgIpc) is 3.20. The summed E-state index contributed by atoms with van der Waals surface area (Å²) in [5.74, 6) is -2.37. The van der Waals surface area contributed by atoms with E-state index in [-0.39, 0.29) is 23.3 Å². The van der Waals surface area contributed by atoms with Crippen LogP contribution in [0.5, 0.6) is 0 Å². The zero-order valence-electron chi connectivity index (χ0n) is 28.5. The van der Waals surface area contributed by atoms with E-state index >= 15 is 0 Å². The largest absolute Gasteiger partial charge is 0.452 e. The molecule has 4 aromatic rings. The monoisotopic (exact) mass is 726 g/mol. The van der Waals surface area contributed by atoms with Crippen LogP contribution in [-0.2, 0) is 37.9 Å². The Balaban J connectivity index is 1.24. The number of aliphatic hydroxyl groups is 2. The van der Waals surface area contributed by atoms with E-state index in [4.69, 9.17) is 37.9 Å². The average molecular weight is 727 g/mol. The molecule has 1 unspecified atom stereocenters. The highest BCUT2D eigenvalue weighted by atomic mass is 16.8. The summed E-state index contributed by atoms with van der Waals surface area (Å²) in [4.78, 5) is 40.8. The van der Waals surface area contributed by atoms with E-state index < -0.39 is 85.6 Å². The van der Waals surface area contributed by atoms with Crippen molar-refractivity contribution in [1.82, 2.24) is 0 Å². The van der Waals surface area contributed by atoms with E-state index in [0.717, 1.165) is 0 Å². The molecule has 0 aliphatic carbocycles. The zero-order chi connectivity index (χ0) is 36.9. The Kier molecular flexibility index (Phi) is 11.2. The lowest BCUT2D eigenvalue weighted by Crippen LogP contribution is -2.66. The van der Waals surface area contributed by atoms with Gasteiger partial charge in [-0.05, 0) is 43.3 Å². The Morgan fingerprint density at radius 2 is 1.06 bits per heavy atom. The van der Waals surface area contributed by atoms with Gasteiger partial charge in [0.05, 0.1) is 29.4 Å². The standard InChI is InChI=1S/C40H38O13/c1-23-30(49-35(42)24-14-6-2-7-15-24)33(50-36(43)25-16-8-3-9-17-25)34(51-37(44)26-18-10-4-11-19-26)40(47-23)53-32-29(41)38(45)48-28-22-46-39(52-31(28)32)27-20-12-5-13-21-27/h2-21,23,28-34,38-41,45H,22H2,1H3/t23-,28+,29+,30-,31+,32+,33+,34+,38?,39+,40-/m0/s1. The van der Waals surface area contributed by atoms with Crippen molar-refractivity contribution < 1.29 is 62.5 Å². The Hall–Kier alpha value is -4.99. The van der Waals surface area contributed by atoms with Gasteiger partial charge in [0.1, 0.15) is 24.4 Å². The second kappa shape index (κ2) is 16.4. The Bertz CT molecular complexity index is 1830. The number of ether oxygens (including phenoxy) is 8. The van der Waals surface area contributed by atoms with Gasteiger partial charge in [0.2, 0.25) is 0 Å². The number of fused-ring (bicyclic) bond motifs is 1. The second-order valence-corrected chi connectivity index (χ2v) is 12.8. The molecule has 13 nitrogen and oxygen atoms in total. The van der Waals surface area contributed by atoms with Gasteiger partial charge in [-0.1, -0.05) is 84.9 Å². The fourth-order valence-corrected chi connectivity index (χ4v) is 6.47. The van der Waals surface area contributed by atoms with E-state index in [2.05, 4.69) is 0 Å². The summed E-state index contributed by atoms with van der Waals surface area (Å²) < 4.78 is 48.5. The topological polar surface area (TPSA) is 166 Å². The highest BCUT2D eigenvalue weighted by Crippen LogP contribution is 2.38. The highest BCUT2D eigenvalue weighted by Gasteiger charge is 2.56. The van der Waals surface area contributed by atoms with Crippen molar-refractivity contribution in [3.63, 3.8) is 0 Å². The number of benzene rings is 4. The number of hydrogen-bond acceptors (Lipinski definition) is 13. The molecule has 4 aromatic carbocycles. The lowest BCUT2D eigenvalue weighted by Gasteiger charge is -2.49. The van der Waals surface area contributed by atoms with Crippen LogP contribution in [0, 0.1) is 0 Å². The summed E-state index contributed by atoms with van der Waals surface area (Å²) in [5.41, 5.74) is 1.26. The zero-order valence-corrected chi connectivity index (χ0v) is 28.5. The lowest BCUT2D eigenvalue weighted by molar-refractivity contribution is -0.386. The van der Waals surface area contributed by atoms with Crippen LogP contribution in [0.2, 0.25) is 0 Å². The van der Waals surface area contributed by atoms with Crippen LogP contribution in [-0.4, -0.2) is 96.1 Å². The molecule has 13 heteroatoms. The predicted octanol–water partition coefficient (Wildman–Crippen LogP) is 3.99. The van der Waals surface area contributed by atoms with Crippen molar-refractivity contribution in [2.75, 3.05) is 6.61 Å². The molecule has 0 bridgehead atoms. The van der Waals surface area contributed by atoms with Gasteiger partial charge < -0.3 is 48.1 Å². The maximum Gasteiger partial charge on any atom is 0.338 e. The Morgan fingerprint density at radius 1 is 0.585 bits per heavy atom. The van der Waals surface area contributed by atoms with Crippen LogP contribution >= 0.6 is 0 Å². The Labute approximate surface area is 304 Å². The summed E-state index contributed by atoms with van der Waals surface area (Å²) >= 11 is 0. The first kappa shape index (κ1) is 36.4. The van der Waals surface area contributed by atoms with Gasteiger partial charge in [0.25, 0.3) is 0 Å². The third kappa shape index (κ3) is 8.16. The van der Waals surface area contributed by atoms with E-state index in [1.165, 1.54) is 12.1 Å². The van der Waals surface area contributed by atoms with Crippen molar-refractivity contribution in [1.29, 1.82) is 0 Å².